The van der Waals surface area contributed by atoms with Gasteiger partial charge in [-0.3, -0.25) is 9.69 Å². The van der Waals surface area contributed by atoms with E-state index in [9.17, 15) is 4.79 Å². The van der Waals surface area contributed by atoms with Crippen LogP contribution in [0.4, 0.5) is 0 Å². The molecule has 5 nitrogen and oxygen atoms in total. The Morgan fingerprint density at radius 2 is 2.00 bits per heavy atom. The second kappa shape index (κ2) is 10.6. The zero-order chi connectivity index (χ0) is 20.7. The number of hydrogen-bond donors (Lipinski definition) is 1. The number of nitrogens with zero attached hydrogens (tertiary/aromatic N) is 2. The monoisotopic (exact) mass is 403 g/mol. The Bertz CT molecular complexity index is 724. The first-order valence-corrected chi connectivity index (χ1v) is 10.8. The van der Waals surface area contributed by atoms with Crippen LogP contribution in [0, 0.1) is 0 Å². The van der Waals surface area contributed by atoms with E-state index in [0.717, 1.165) is 48.8 Å². The Kier molecular flexibility index (Phi) is 8.45. The van der Waals surface area contributed by atoms with Crippen molar-refractivity contribution < 1.29 is 9.53 Å². The van der Waals surface area contributed by atoms with E-state index in [-0.39, 0.29) is 5.91 Å². The number of amides is 1. The Labute approximate surface area is 173 Å². The maximum Gasteiger partial charge on any atom is 0.262 e. The van der Waals surface area contributed by atoms with E-state index in [1.54, 1.807) is 6.92 Å². The third kappa shape index (κ3) is 5.32. The lowest BCUT2D eigenvalue weighted by atomic mass is 10.2. The first kappa shape index (κ1) is 22.4. The maximum absolute atomic E-state index is 13.2. The van der Waals surface area contributed by atoms with Crippen molar-refractivity contribution in [3.63, 3.8) is 0 Å². The van der Waals surface area contributed by atoms with Gasteiger partial charge in [0.1, 0.15) is 5.75 Å². The summed E-state index contributed by atoms with van der Waals surface area (Å²) in [6.07, 6.45) is 1.00. The molecule has 0 radical (unpaired) electrons. The lowest BCUT2D eigenvalue weighted by molar-refractivity contribution is -0.125. The van der Waals surface area contributed by atoms with E-state index < -0.39 is 0 Å². The molecule has 2 rings (SSSR count). The molecule has 1 aromatic rings. The number of rotatable bonds is 9. The molecule has 0 aliphatic carbocycles. The van der Waals surface area contributed by atoms with Gasteiger partial charge in [0.2, 0.25) is 0 Å². The Balaban J connectivity index is 2.13. The van der Waals surface area contributed by atoms with Crippen LogP contribution in [-0.4, -0.2) is 54.5 Å². The molecule has 1 heterocycles. The summed E-state index contributed by atoms with van der Waals surface area (Å²) in [6.45, 7) is 16.3. The van der Waals surface area contributed by atoms with Gasteiger partial charge in [-0.1, -0.05) is 50.4 Å². The van der Waals surface area contributed by atoms with Crippen LogP contribution in [-0.2, 0) is 4.79 Å². The lowest BCUT2D eigenvalue weighted by Gasteiger charge is -2.26. The zero-order valence-corrected chi connectivity index (χ0v) is 18.3. The van der Waals surface area contributed by atoms with Crippen LogP contribution in [0.25, 0.3) is 4.91 Å². The summed E-state index contributed by atoms with van der Waals surface area (Å²) in [5.74, 6) is 0.765. The van der Waals surface area contributed by atoms with Crippen molar-refractivity contribution in [3.05, 3.63) is 47.0 Å². The van der Waals surface area contributed by atoms with E-state index in [2.05, 4.69) is 25.3 Å². The van der Waals surface area contributed by atoms with Crippen LogP contribution in [0.5, 0.6) is 5.75 Å². The molecule has 1 saturated heterocycles. The van der Waals surface area contributed by atoms with E-state index in [0.29, 0.717) is 23.3 Å². The van der Waals surface area contributed by atoms with Gasteiger partial charge in [-0.05, 0) is 39.4 Å². The van der Waals surface area contributed by atoms with E-state index in [4.69, 9.17) is 10.5 Å². The van der Waals surface area contributed by atoms with E-state index >= 15 is 0 Å². The first-order valence-electron chi connectivity index (χ1n) is 10.0. The summed E-state index contributed by atoms with van der Waals surface area (Å²) in [4.78, 5) is 18.8. The number of benzene rings is 1. The lowest BCUT2D eigenvalue weighted by Crippen LogP contribution is -2.39. The highest BCUT2D eigenvalue weighted by Gasteiger charge is 2.31. The Hall–Kier alpha value is -1.92. The number of likely N-dealkylation sites (N-methyl/N-ethyl adjacent to an activating group) is 1. The van der Waals surface area contributed by atoms with Crippen molar-refractivity contribution >= 4 is 22.6 Å². The maximum atomic E-state index is 13.2. The Morgan fingerprint density at radius 1 is 1.32 bits per heavy atom. The molecule has 0 saturated carbocycles. The van der Waals surface area contributed by atoms with E-state index in [1.165, 1.54) is 11.8 Å². The van der Waals surface area contributed by atoms with Crippen LogP contribution in [0.15, 0.2) is 41.4 Å². The minimum Gasteiger partial charge on any atom is -0.493 e. The van der Waals surface area contributed by atoms with E-state index in [1.807, 2.05) is 36.1 Å². The molecule has 1 aliphatic heterocycles. The molecule has 0 spiro atoms. The SMILES string of the molecule is C=C(S/C(C(=O)N1CCC(N(CC)CC)C1)=C(/C)N)c1ccccc1OCC. The van der Waals surface area contributed by atoms with Crippen molar-refractivity contribution in [2.75, 3.05) is 32.8 Å². The molecule has 1 unspecified atom stereocenters. The van der Waals surface area contributed by atoms with Gasteiger partial charge in [0, 0.05) is 35.3 Å². The van der Waals surface area contributed by atoms with Crippen LogP contribution >= 0.6 is 11.8 Å². The number of carbonyl (C=O) groups excluding carboxylic acids is 1. The quantitative estimate of drug-likeness (QED) is 0.633. The molecule has 1 atom stereocenters. The molecular formula is C22H33N3O2S. The zero-order valence-electron chi connectivity index (χ0n) is 17.5. The normalized spacial score (nSPS) is 17.6. The molecule has 6 heteroatoms. The fourth-order valence-electron chi connectivity index (χ4n) is 3.56. The number of para-hydroxylation sites is 1. The number of likely N-dealkylation sites (tertiary alicyclic amines) is 1. The summed E-state index contributed by atoms with van der Waals surface area (Å²) in [6, 6.07) is 8.17. The van der Waals surface area contributed by atoms with Gasteiger partial charge in [-0.2, -0.15) is 0 Å². The van der Waals surface area contributed by atoms with Crippen LogP contribution in [0.1, 0.15) is 39.7 Å². The number of nitrogens with two attached hydrogens (primary N) is 1. The topological polar surface area (TPSA) is 58.8 Å². The van der Waals surface area contributed by atoms with Gasteiger partial charge < -0.3 is 15.4 Å². The molecular weight excluding hydrogens is 370 g/mol. The Morgan fingerprint density at radius 3 is 2.61 bits per heavy atom. The molecule has 1 amide bonds. The van der Waals surface area contributed by atoms with Crippen LogP contribution in [0.3, 0.4) is 0 Å². The van der Waals surface area contributed by atoms with Crippen molar-refractivity contribution in [2.24, 2.45) is 5.73 Å². The minimum absolute atomic E-state index is 0.00491. The predicted molar refractivity (Wildman–Crippen MR) is 119 cm³/mol. The highest BCUT2D eigenvalue weighted by molar-refractivity contribution is 8.12. The van der Waals surface area contributed by atoms with Gasteiger partial charge in [0.05, 0.1) is 11.5 Å². The van der Waals surface area contributed by atoms with Gasteiger partial charge in [-0.15, -0.1) is 0 Å². The summed E-state index contributed by atoms with van der Waals surface area (Å²) >= 11 is 1.34. The second-order valence-electron chi connectivity index (χ2n) is 6.88. The first-order chi connectivity index (χ1) is 13.4. The molecule has 2 N–H and O–H groups in total. The number of allylic oxidation sites excluding steroid dienone is 1. The van der Waals surface area contributed by atoms with Crippen LogP contribution in [0.2, 0.25) is 0 Å². The third-order valence-electron chi connectivity index (χ3n) is 5.04. The molecule has 1 fully saturated rings. The van der Waals surface area contributed by atoms with Gasteiger partial charge >= 0.3 is 0 Å². The fourth-order valence-corrected chi connectivity index (χ4v) is 4.46. The van der Waals surface area contributed by atoms with Crippen molar-refractivity contribution in [2.45, 2.75) is 40.2 Å². The molecule has 0 aromatic heterocycles. The molecule has 1 aliphatic rings. The number of thioether (sulfide) groups is 1. The number of hydrogen-bond acceptors (Lipinski definition) is 5. The average molecular weight is 404 g/mol. The average Bonchev–Trinajstić information content (AvgIpc) is 3.17. The summed E-state index contributed by atoms with van der Waals surface area (Å²) in [5.41, 5.74) is 7.52. The molecule has 1 aromatic carbocycles. The van der Waals surface area contributed by atoms with Gasteiger partial charge in [0.15, 0.2) is 0 Å². The predicted octanol–water partition coefficient (Wildman–Crippen LogP) is 3.92. The van der Waals surface area contributed by atoms with Crippen molar-refractivity contribution in [1.29, 1.82) is 0 Å². The number of carbonyl (C=O) groups is 1. The van der Waals surface area contributed by atoms with Crippen molar-refractivity contribution in [1.82, 2.24) is 9.80 Å². The number of ether oxygens (including phenoxy) is 1. The summed E-state index contributed by atoms with van der Waals surface area (Å²) < 4.78 is 5.70. The summed E-state index contributed by atoms with van der Waals surface area (Å²) in [5, 5.41) is 0. The van der Waals surface area contributed by atoms with Gasteiger partial charge in [0.25, 0.3) is 5.91 Å². The van der Waals surface area contributed by atoms with Crippen molar-refractivity contribution in [3.8, 4) is 5.75 Å². The van der Waals surface area contributed by atoms with Gasteiger partial charge in [-0.25, -0.2) is 0 Å². The van der Waals surface area contributed by atoms with Crippen LogP contribution < -0.4 is 10.5 Å². The molecule has 28 heavy (non-hydrogen) atoms. The second-order valence-corrected chi connectivity index (χ2v) is 7.99. The minimum atomic E-state index is -0.00491. The molecule has 154 valence electrons. The largest absolute Gasteiger partial charge is 0.493 e. The molecule has 0 bridgehead atoms. The highest BCUT2D eigenvalue weighted by atomic mass is 32.2. The smallest absolute Gasteiger partial charge is 0.262 e. The third-order valence-corrected chi connectivity index (χ3v) is 6.21. The standard InChI is InChI=1S/C22H33N3O2S/c1-6-24(7-2)18-13-14-25(15-18)22(26)21(16(4)23)28-17(5)19-11-9-10-12-20(19)27-8-3/h9-12,18H,5-8,13-15,23H2,1-4H3/b21-16-. The highest BCUT2D eigenvalue weighted by Crippen LogP contribution is 2.38. The summed E-state index contributed by atoms with van der Waals surface area (Å²) in [7, 11) is 0. The fraction of sp³-hybridized carbons (Fsp3) is 0.500.